The highest BCUT2D eigenvalue weighted by atomic mass is 35.5. The minimum absolute atomic E-state index is 0.0233. The fourth-order valence-corrected chi connectivity index (χ4v) is 5.40. The maximum atomic E-state index is 13.5. The summed E-state index contributed by atoms with van der Waals surface area (Å²) in [5.41, 5.74) is 3.61. The SMILES string of the molecule is CC(C)(C)c1ccc(C2c3ccsc3CCN2C(=O)CN(C(=O)C(Cl)Cl)C2CC2)cc1. The van der Waals surface area contributed by atoms with Crippen LogP contribution in [0.15, 0.2) is 35.7 Å². The van der Waals surface area contributed by atoms with Crippen LogP contribution in [0.25, 0.3) is 0 Å². The third kappa shape index (κ3) is 4.79. The fraction of sp³-hybridized carbons (Fsp3) is 0.500. The van der Waals surface area contributed by atoms with Crippen LogP contribution in [0.3, 0.4) is 0 Å². The van der Waals surface area contributed by atoms with Crippen molar-refractivity contribution >= 4 is 46.4 Å². The molecule has 1 atom stereocenters. The van der Waals surface area contributed by atoms with E-state index in [1.807, 2.05) is 4.90 Å². The van der Waals surface area contributed by atoms with Crippen molar-refractivity contribution in [3.8, 4) is 0 Å². The number of rotatable bonds is 5. The van der Waals surface area contributed by atoms with Gasteiger partial charge >= 0.3 is 0 Å². The van der Waals surface area contributed by atoms with Crippen molar-refractivity contribution in [2.24, 2.45) is 0 Å². The first-order chi connectivity index (χ1) is 14.7. The van der Waals surface area contributed by atoms with Crippen LogP contribution in [0.1, 0.15) is 61.2 Å². The molecule has 0 saturated heterocycles. The number of nitrogens with zero attached hydrogens (tertiary/aromatic N) is 2. The molecule has 2 aromatic rings. The normalized spacial score (nSPS) is 18.8. The lowest BCUT2D eigenvalue weighted by molar-refractivity contribution is -0.141. The van der Waals surface area contributed by atoms with Gasteiger partial charge in [0.25, 0.3) is 5.91 Å². The maximum Gasteiger partial charge on any atom is 0.256 e. The molecule has 0 bridgehead atoms. The summed E-state index contributed by atoms with van der Waals surface area (Å²) in [6, 6.07) is 10.6. The Bertz CT molecular complexity index is 961. The zero-order valence-corrected chi connectivity index (χ0v) is 20.4. The molecular weight excluding hydrogens is 451 g/mol. The van der Waals surface area contributed by atoms with Crippen molar-refractivity contribution in [1.29, 1.82) is 0 Å². The summed E-state index contributed by atoms with van der Waals surface area (Å²) in [6.07, 6.45) is 2.62. The number of fused-ring (bicyclic) bond motifs is 1. The number of alkyl halides is 2. The van der Waals surface area contributed by atoms with Gasteiger partial charge in [-0.15, -0.1) is 11.3 Å². The molecule has 1 aromatic carbocycles. The van der Waals surface area contributed by atoms with Gasteiger partial charge in [0.1, 0.15) is 6.54 Å². The Morgan fingerprint density at radius 2 is 1.84 bits per heavy atom. The molecule has 4 nitrogen and oxygen atoms in total. The van der Waals surface area contributed by atoms with Gasteiger partial charge in [-0.3, -0.25) is 9.59 Å². The van der Waals surface area contributed by atoms with Gasteiger partial charge in [0.15, 0.2) is 4.84 Å². The van der Waals surface area contributed by atoms with Crippen LogP contribution in [0.5, 0.6) is 0 Å². The number of carbonyl (C=O) groups excluding carboxylic acids is 2. The van der Waals surface area contributed by atoms with Crippen LogP contribution in [0.4, 0.5) is 0 Å². The zero-order valence-electron chi connectivity index (χ0n) is 18.1. The minimum Gasteiger partial charge on any atom is -0.330 e. The van der Waals surface area contributed by atoms with Crippen LogP contribution in [-0.4, -0.2) is 45.6 Å². The van der Waals surface area contributed by atoms with E-state index in [9.17, 15) is 9.59 Å². The number of hydrogen-bond donors (Lipinski definition) is 0. The van der Waals surface area contributed by atoms with Crippen molar-refractivity contribution in [3.05, 3.63) is 57.3 Å². The number of thiophene rings is 1. The fourth-order valence-electron chi connectivity index (χ4n) is 4.25. The quantitative estimate of drug-likeness (QED) is 0.545. The van der Waals surface area contributed by atoms with E-state index in [1.54, 1.807) is 16.2 Å². The van der Waals surface area contributed by atoms with Gasteiger partial charge in [0, 0.05) is 17.5 Å². The number of carbonyl (C=O) groups is 2. The summed E-state index contributed by atoms with van der Waals surface area (Å²) in [5, 5.41) is 2.10. The monoisotopic (exact) mass is 478 g/mol. The Morgan fingerprint density at radius 3 is 2.42 bits per heavy atom. The summed E-state index contributed by atoms with van der Waals surface area (Å²) in [5.74, 6) is -0.436. The molecule has 1 aliphatic carbocycles. The third-order valence-electron chi connectivity index (χ3n) is 6.14. The van der Waals surface area contributed by atoms with Crippen molar-refractivity contribution in [2.75, 3.05) is 13.1 Å². The molecule has 1 saturated carbocycles. The molecule has 166 valence electrons. The highest BCUT2D eigenvalue weighted by molar-refractivity contribution is 7.10. The van der Waals surface area contributed by atoms with E-state index in [0.29, 0.717) is 6.54 Å². The van der Waals surface area contributed by atoms with E-state index in [0.717, 1.165) is 24.8 Å². The van der Waals surface area contributed by atoms with Gasteiger partial charge in [-0.05, 0) is 52.8 Å². The lowest BCUT2D eigenvalue weighted by Gasteiger charge is -2.38. The molecule has 1 aromatic heterocycles. The van der Waals surface area contributed by atoms with E-state index < -0.39 is 4.84 Å². The Labute approximate surface area is 198 Å². The smallest absolute Gasteiger partial charge is 0.256 e. The molecule has 0 N–H and O–H groups in total. The standard InChI is InChI=1S/C24H28Cl2N2O2S/c1-24(2,3)16-6-4-15(5-7-16)21-18-11-13-31-19(18)10-12-27(21)20(29)14-28(17-8-9-17)23(30)22(25)26/h4-7,11,13,17,21-22H,8-10,12,14H2,1-3H3. The van der Waals surface area contributed by atoms with E-state index in [-0.39, 0.29) is 35.9 Å². The van der Waals surface area contributed by atoms with Crippen molar-refractivity contribution in [3.63, 3.8) is 0 Å². The number of halogens is 2. The molecule has 1 fully saturated rings. The Hall–Kier alpha value is -1.56. The van der Waals surface area contributed by atoms with Crippen LogP contribution in [-0.2, 0) is 21.4 Å². The second-order valence-corrected chi connectivity index (χ2v) is 11.5. The number of amides is 2. The first-order valence-electron chi connectivity index (χ1n) is 10.7. The predicted octanol–water partition coefficient (Wildman–Crippen LogP) is 5.31. The van der Waals surface area contributed by atoms with Gasteiger partial charge in [-0.1, -0.05) is 68.2 Å². The summed E-state index contributed by atoms with van der Waals surface area (Å²) >= 11 is 13.4. The van der Waals surface area contributed by atoms with Crippen LogP contribution in [0.2, 0.25) is 0 Å². The Balaban J connectivity index is 1.63. The Morgan fingerprint density at radius 1 is 1.16 bits per heavy atom. The molecule has 0 radical (unpaired) electrons. The van der Waals surface area contributed by atoms with Crippen molar-refractivity contribution < 1.29 is 9.59 Å². The van der Waals surface area contributed by atoms with Crippen molar-refractivity contribution in [2.45, 2.75) is 62.4 Å². The lowest BCUT2D eigenvalue weighted by Crippen LogP contribution is -2.48. The first kappa shape index (κ1) is 22.6. The summed E-state index contributed by atoms with van der Waals surface area (Å²) in [4.78, 5) is 29.6. The van der Waals surface area contributed by atoms with E-state index in [4.69, 9.17) is 23.2 Å². The molecule has 7 heteroatoms. The molecule has 0 spiro atoms. The molecule has 2 amide bonds. The third-order valence-corrected chi connectivity index (χ3v) is 7.51. The van der Waals surface area contributed by atoms with Crippen LogP contribution in [0, 0.1) is 0 Å². The second kappa shape index (κ2) is 8.76. The van der Waals surface area contributed by atoms with Gasteiger partial charge < -0.3 is 9.80 Å². The summed E-state index contributed by atoms with van der Waals surface area (Å²) in [7, 11) is 0. The van der Waals surface area contributed by atoms with Crippen LogP contribution >= 0.6 is 34.5 Å². The highest BCUT2D eigenvalue weighted by Crippen LogP contribution is 2.39. The van der Waals surface area contributed by atoms with E-state index in [2.05, 4.69) is 56.5 Å². The number of benzene rings is 1. The van der Waals surface area contributed by atoms with Crippen LogP contribution < -0.4 is 0 Å². The summed E-state index contributed by atoms with van der Waals surface area (Å²) < 4.78 is 0. The number of hydrogen-bond acceptors (Lipinski definition) is 3. The first-order valence-corrected chi connectivity index (χ1v) is 12.5. The molecule has 1 unspecified atom stereocenters. The maximum absolute atomic E-state index is 13.5. The molecule has 2 heterocycles. The average Bonchev–Trinajstić information content (AvgIpc) is 3.46. The molecular formula is C24H28Cl2N2O2S. The molecule has 4 rings (SSSR count). The lowest BCUT2D eigenvalue weighted by atomic mass is 9.85. The second-order valence-electron chi connectivity index (χ2n) is 9.41. The largest absolute Gasteiger partial charge is 0.330 e. The van der Waals surface area contributed by atoms with Crippen molar-refractivity contribution in [1.82, 2.24) is 9.80 Å². The van der Waals surface area contributed by atoms with Gasteiger partial charge in [0.2, 0.25) is 5.91 Å². The predicted molar refractivity (Wildman–Crippen MR) is 127 cm³/mol. The minimum atomic E-state index is -1.14. The highest BCUT2D eigenvalue weighted by Gasteiger charge is 2.39. The van der Waals surface area contributed by atoms with Gasteiger partial charge in [0.05, 0.1) is 6.04 Å². The van der Waals surface area contributed by atoms with Gasteiger partial charge in [-0.2, -0.15) is 0 Å². The van der Waals surface area contributed by atoms with E-state index in [1.165, 1.54) is 16.0 Å². The van der Waals surface area contributed by atoms with Gasteiger partial charge in [-0.25, -0.2) is 0 Å². The molecule has 31 heavy (non-hydrogen) atoms. The average molecular weight is 479 g/mol. The summed E-state index contributed by atoms with van der Waals surface area (Å²) in [6.45, 7) is 7.24. The van der Waals surface area contributed by atoms with E-state index >= 15 is 0 Å². The molecule has 2 aliphatic rings. The topological polar surface area (TPSA) is 40.6 Å². The molecule has 1 aliphatic heterocycles. The zero-order chi connectivity index (χ0) is 22.3. The Kier molecular flexibility index (Phi) is 6.39.